The van der Waals surface area contributed by atoms with E-state index in [0.717, 1.165) is 31.7 Å². The highest BCUT2D eigenvalue weighted by Crippen LogP contribution is 2.20. The summed E-state index contributed by atoms with van der Waals surface area (Å²) >= 11 is 5.96. The van der Waals surface area contributed by atoms with E-state index < -0.39 is 5.82 Å². The molecule has 1 aromatic rings. The number of piperazine rings is 1. The Kier molecular flexibility index (Phi) is 7.65. The number of carbonyl (C=O) groups excluding carboxylic acids is 2. The minimum Gasteiger partial charge on any atom is -0.339 e. The number of nitrogens with zero attached hydrogens (tertiary/aromatic N) is 2. The summed E-state index contributed by atoms with van der Waals surface area (Å²) in [6, 6.07) is 3.77. The molecular weight excluding hydrogens is 345 g/mol. The van der Waals surface area contributed by atoms with Crippen LogP contribution in [-0.4, -0.2) is 54.3 Å². The summed E-state index contributed by atoms with van der Waals surface area (Å²) in [5.74, 6) is -0.554. The fraction of sp³-hybridized carbons (Fsp3) is 0.556. The van der Waals surface area contributed by atoms with Gasteiger partial charge in [-0.15, -0.1) is 0 Å². The minimum atomic E-state index is -0.469. The number of halogens is 2. The number of hydrogen-bond donors (Lipinski definition) is 1. The molecule has 0 aromatic heterocycles. The van der Waals surface area contributed by atoms with Crippen molar-refractivity contribution in [3.8, 4) is 0 Å². The van der Waals surface area contributed by atoms with Gasteiger partial charge in [0.15, 0.2) is 0 Å². The molecule has 1 saturated heterocycles. The van der Waals surface area contributed by atoms with Crippen LogP contribution in [-0.2, 0) is 4.79 Å². The number of rotatable bonds is 7. The zero-order valence-corrected chi connectivity index (χ0v) is 15.1. The molecule has 25 heavy (non-hydrogen) atoms. The van der Waals surface area contributed by atoms with Crippen LogP contribution < -0.4 is 5.73 Å². The fourth-order valence-corrected chi connectivity index (χ4v) is 3.17. The van der Waals surface area contributed by atoms with E-state index in [1.54, 1.807) is 9.80 Å². The molecule has 1 aromatic carbocycles. The molecule has 1 fully saturated rings. The molecule has 1 aliphatic heterocycles. The molecule has 1 heterocycles. The molecule has 0 saturated carbocycles. The summed E-state index contributed by atoms with van der Waals surface area (Å²) in [6.45, 7) is 2.66. The van der Waals surface area contributed by atoms with E-state index in [2.05, 4.69) is 0 Å². The molecule has 0 spiro atoms. The van der Waals surface area contributed by atoms with Gasteiger partial charge in [0.2, 0.25) is 5.91 Å². The first-order valence-corrected chi connectivity index (χ1v) is 9.13. The third kappa shape index (κ3) is 5.68. The smallest absolute Gasteiger partial charge is 0.255 e. The van der Waals surface area contributed by atoms with Crippen LogP contribution in [0.5, 0.6) is 0 Å². The van der Waals surface area contributed by atoms with Crippen molar-refractivity contribution in [1.29, 1.82) is 0 Å². The predicted octanol–water partition coefficient (Wildman–Crippen LogP) is 2.67. The molecule has 2 N–H and O–H groups in total. The molecule has 0 aliphatic carbocycles. The van der Waals surface area contributed by atoms with Gasteiger partial charge in [-0.2, -0.15) is 0 Å². The van der Waals surface area contributed by atoms with Crippen LogP contribution in [0.1, 0.15) is 42.5 Å². The van der Waals surface area contributed by atoms with Crippen molar-refractivity contribution < 1.29 is 14.0 Å². The topological polar surface area (TPSA) is 66.6 Å². The van der Waals surface area contributed by atoms with Crippen molar-refractivity contribution in [2.45, 2.75) is 32.1 Å². The summed E-state index contributed by atoms with van der Waals surface area (Å²) in [4.78, 5) is 28.2. The number of carbonyl (C=O) groups is 2. The van der Waals surface area contributed by atoms with Gasteiger partial charge in [-0.05, 0) is 37.6 Å². The molecule has 0 bridgehead atoms. The second-order valence-electron chi connectivity index (χ2n) is 6.25. The van der Waals surface area contributed by atoms with Crippen LogP contribution in [0.15, 0.2) is 18.2 Å². The number of benzene rings is 1. The monoisotopic (exact) mass is 369 g/mol. The van der Waals surface area contributed by atoms with E-state index in [-0.39, 0.29) is 16.8 Å². The van der Waals surface area contributed by atoms with Gasteiger partial charge in [0.05, 0.1) is 10.6 Å². The van der Waals surface area contributed by atoms with E-state index in [4.69, 9.17) is 17.3 Å². The van der Waals surface area contributed by atoms with Crippen molar-refractivity contribution in [2.75, 3.05) is 32.7 Å². The lowest BCUT2D eigenvalue weighted by Gasteiger charge is -2.35. The van der Waals surface area contributed by atoms with Gasteiger partial charge in [-0.3, -0.25) is 9.59 Å². The van der Waals surface area contributed by atoms with Crippen molar-refractivity contribution in [3.63, 3.8) is 0 Å². The zero-order valence-electron chi connectivity index (χ0n) is 14.3. The zero-order chi connectivity index (χ0) is 18.2. The average molecular weight is 370 g/mol. The van der Waals surface area contributed by atoms with Crippen molar-refractivity contribution >= 4 is 23.4 Å². The lowest BCUT2D eigenvalue weighted by molar-refractivity contribution is -0.132. The summed E-state index contributed by atoms with van der Waals surface area (Å²) in [6.07, 6.45) is 4.50. The minimum absolute atomic E-state index is 0.112. The van der Waals surface area contributed by atoms with Crippen LogP contribution in [0.25, 0.3) is 0 Å². The molecule has 2 rings (SSSR count). The Morgan fingerprint density at radius 2 is 1.68 bits per heavy atom. The molecule has 1 aliphatic rings. The Morgan fingerprint density at radius 3 is 2.32 bits per heavy atom. The predicted molar refractivity (Wildman–Crippen MR) is 96.0 cm³/mol. The number of amides is 2. The highest BCUT2D eigenvalue weighted by molar-refractivity contribution is 6.33. The first-order valence-electron chi connectivity index (χ1n) is 8.75. The lowest BCUT2D eigenvalue weighted by Crippen LogP contribution is -2.50. The van der Waals surface area contributed by atoms with E-state index >= 15 is 0 Å². The molecule has 138 valence electrons. The standard InChI is InChI=1S/C18H25ClFN3O2/c19-16-13-14(20)6-7-15(16)18(25)23-11-9-22(10-12-23)17(24)5-3-1-2-4-8-21/h6-7,13H,1-5,8-12,21H2. The van der Waals surface area contributed by atoms with Gasteiger partial charge in [0.25, 0.3) is 5.91 Å². The maximum Gasteiger partial charge on any atom is 0.255 e. The second-order valence-corrected chi connectivity index (χ2v) is 6.66. The Balaban J connectivity index is 1.78. The Hall–Kier alpha value is -1.66. The van der Waals surface area contributed by atoms with Crippen molar-refractivity contribution in [3.05, 3.63) is 34.6 Å². The fourth-order valence-electron chi connectivity index (χ4n) is 2.92. The van der Waals surface area contributed by atoms with Crippen molar-refractivity contribution in [2.24, 2.45) is 5.73 Å². The summed E-state index contributed by atoms with van der Waals surface area (Å²) in [5, 5.41) is 0.112. The summed E-state index contributed by atoms with van der Waals surface area (Å²) < 4.78 is 13.1. The first kappa shape index (κ1) is 19.7. The van der Waals surface area contributed by atoms with Gasteiger partial charge in [-0.1, -0.05) is 24.4 Å². The third-order valence-electron chi connectivity index (χ3n) is 4.43. The Bertz CT molecular complexity index is 604. The molecule has 0 unspecified atom stereocenters. The van der Waals surface area contributed by atoms with E-state index in [1.165, 1.54) is 12.1 Å². The Labute approximate surface area is 152 Å². The van der Waals surface area contributed by atoms with E-state index in [0.29, 0.717) is 44.7 Å². The van der Waals surface area contributed by atoms with Crippen LogP contribution in [0.3, 0.4) is 0 Å². The third-order valence-corrected chi connectivity index (χ3v) is 4.74. The molecule has 0 radical (unpaired) electrons. The summed E-state index contributed by atoms with van der Waals surface area (Å²) in [7, 11) is 0. The lowest BCUT2D eigenvalue weighted by atomic mass is 10.1. The summed E-state index contributed by atoms with van der Waals surface area (Å²) in [5.41, 5.74) is 5.74. The van der Waals surface area contributed by atoms with Crippen LogP contribution in [0.4, 0.5) is 4.39 Å². The largest absolute Gasteiger partial charge is 0.339 e. The molecule has 0 atom stereocenters. The van der Waals surface area contributed by atoms with Crippen LogP contribution >= 0.6 is 11.6 Å². The van der Waals surface area contributed by atoms with E-state index in [1.807, 2.05) is 0 Å². The average Bonchev–Trinajstić information content (AvgIpc) is 2.61. The SMILES string of the molecule is NCCCCCCC(=O)N1CCN(C(=O)c2ccc(F)cc2Cl)CC1. The normalized spacial score (nSPS) is 14.7. The van der Waals surface area contributed by atoms with Gasteiger partial charge < -0.3 is 15.5 Å². The maximum atomic E-state index is 13.1. The quantitative estimate of drug-likeness (QED) is 0.751. The van der Waals surface area contributed by atoms with Crippen molar-refractivity contribution in [1.82, 2.24) is 9.80 Å². The van der Waals surface area contributed by atoms with E-state index in [9.17, 15) is 14.0 Å². The first-order chi connectivity index (χ1) is 12.0. The highest BCUT2D eigenvalue weighted by Gasteiger charge is 2.25. The van der Waals surface area contributed by atoms with Gasteiger partial charge in [0, 0.05) is 32.6 Å². The molecule has 7 heteroatoms. The number of nitrogens with two attached hydrogens (primary N) is 1. The number of hydrogen-bond acceptors (Lipinski definition) is 3. The molecule has 5 nitrogen and oxygen atoms in total. The van der Waals surface area contributed by atoms with Gasteiger partial charge in [0.1, 0.15) is 5.82 Å². The number of unbranched alkanes of at least 4 members (excludes halogenated alkanes) is 3. The van der Waals surface area contributed by atoms with Gasteiger partial charge in [-0.25, -0.2) is 4.39 Å². The van der Waals surface area contributed by atoms with Gasteiger partial charge >= 0.3 is 0 Å². The second kappa shape index (κ2) is 9.73. The van der Waals surface area contributed by atoms with Crippen LogP contribution in [0, 0.1) is 5.82 Å². The molecular formula is C18H25ClFN3O2. The Morgan fingerprint density at radius 1 is 1.04 bits per heavy atom. The van der Waals surface area contributed by atoms with Crippen LogP contribution in [0.2, 0.25) is 5.02 Å². The highest BCUT2D eigenvalue weighted by atomic mass is 35.5. The molecule has 2 amide bonds. The maximum absolute atomic E-state index is 13.1.